The number of aliphatic hydroxyl groups is 1. The van der Waals surface area contributed by atoms with Gasteiger partial charge in [0, 0.05) is 6.54 Å². The summed E-state index contributed by atoms with van der Waals surface area (Å²) in [7, 11) is 0. The molecule has 2 atom stereocenters. The summed E-state index contributed by atoms with van der Waals surface area (Å²) in [6.45, 7) is 10.5. The van der Waals surface area contributed by atoms with Crippen molar-refractivity contribution in [2.45, 2.75) is 33.8 Å². The van der Waals surface area contributed by atoms with Gasteiger partial charge in [0.05, 0.1) is 0 Å². The Bertz CT molecular complexity index is 348. The van der Waals surface area contributed by atoms with E-state index < -0.39 is 6.10 Å². The van der Waals surface area contributed by atoms with Crippen molar-refractivity contribution < 1.29 is 9.84 Å². The van der Waals surface area contributed by atoms with Crippen LogP contribution in [-0.4, -0.2) is 30.9 Å². The maximum absolute atomic E-state index is 9.83. The van der Waals surface area contributed by atoms with Crippen LogP contribution < -0.4 is 10.1 Å². The predicted molar refractivity (Wildman–Crippen MR) is 79.6 cm³/mol. The molecular weight excluding hydrogens is 238 g/mol. The van der Waals surface area contributed by atoms with Crippen molar-refractivity contribution in [3.63, 3.8) is 0 Å². The van der Waals surface area contributed by atoms with Gasteiger partial charge in [0.15, 0.2) is 0 Å². The molecule has 0 spiro atoms. The monoisotopic (exact) mass is 265 g/mol. The molecule has 2 N–H and O–H groups in total. The number of hydrogen-bond donors (Lipinski definition) is 2. The van der Waals surface area contributed by atoms with Crippen LogP contribution in [0.2, 0.25) is 0 Å². The molecule has 0 amide bonds. The molecule has 108 valence electrons. The van der Waals surface area contributed by atoms with Gasteiger partial charge in [-0.1, -0.05) is 38.5 Å². The quantitative estimate of drug-likeness (QED) is 0.759. The van der Waals surface area contributed by atoms with Crippen molar-refractivity contribution in [2.24, 2.45) is 11.8 Å². The summed E-state index contributed by atoms with van der Waals surface area (Å²) in [6.07, 6.45) is -0.472. The molecule has 19 heavy (non-hydrogen) atoms. The van der Waals surface area contributed by atoms with Crippen LogP contribution in [0, 0.1) is 18.8 Å². The molecule has 1 rings (SSSR count). The standard InChI is InChI=1S/C16H27NO2/c1-12(2)14(4)9-17-10-15(18)11-19-16-7-5-13(3)6-8-16/h5-8,12,14-15,17-18H,9-11H2,1-4H3. The molecule has 0 aromatic heterocycles. The fourth-order valence-electron chi connectivity index (χ4n) is 1.60. The fraction of sp³-hybridized carbons (Fsp3) is 0.625. The molecule has 3 heteroatoms. The Balaban J connectivity index is 2.17. The summed E-state index contributed by atoms with van der Waals surface area (Å²) in [5.41, 5.74) is 1.21. The van der Waals surface area contributed by atoms with E-state index in [1.807, 2.05) is 31.2 Å². The number of ether oxygens (including phenoxy) is 1. The van der Waals surface area contributed by atoms with Gasteiger partial charge in [0.1, 0.15) is 18.5 Å². The van der Waals surface area contributed by atoms with Crippen molar-refractivity contribution >= 4 is 0 Å². The van der Waals surface area contributed by atoms with Gasteiger partial charge in [0.2, 0.25) is 0 Å². The number of aryl methyl sites for hydroxylation is 1. The molecule has 0 bridgehead atoms. The average Bonchev–Trinajstić information content (AvgIpc) is 2.37. The topological polar surface area (TPSA) is 41.5 Å². The number of aliphatic hydroxyl groups excluding tert-OH is 1. The zero-order chi connectivity index (χ0) is 14.3. The maximum atomic E-state index is 9.83. The molecule has 0 radical (unpaired) electrons. The first-order chi connectivity index (χ1) is 8.99. The Morgan fingerprint density at radius 1 is 1.11 bits per heavy atom. The van der Waals surface area contributed by atoms with Crippen LogP contribution in [0.1, 0.15) is 26.3 Å². The highest BCUT2D eigenvalue weighted by molar-refractivity contribution is 5.26. The van der Waals surface area contributed by atoms with Crippen LogP contribution in [0.15, 0.2) is 24.3 Å². The van der Waals surface area contributed by atoms with E-state index in [9.17, 15) is 5.11 Å². The highest BCUT2D eigenvalue weighted by Gasteiger charge is 2.09. The van der Waals surface area contributed by atoms with Gasteiger partial charge >= 0.3 is 0 Å². The van der Waals surface area contributed by atoms with Crippen molar-refractivity contribution in [2.75, 3.05) is 19.7 Å². The van der Waals surface area contributed by atoms with E-state index in [-0.39, 0.29) is 0 Å². The Kier molecular flexibility index (Phi) is 6.89. The zero-order valence-corrected chi connectivity index (χ0v) is 12.5. The molecule has 1 aromatic carbocycles. The van der Waals surface area contributed by atoms with E-state index in [2.05, 4.69) is 26.1 Å². The third-order valence-electron chi connectivity index (χ3n) is 3.45. The minimum absolute atomic E-state index is 0.326. The van der Waals surface area contributed by atoms with Gasteiger partial charge in [0.25, 0.3) is 0 Å². The van der Waals surface area contributed by atoms with Gasteiger partial charge in [-0.05, 0) is 37.4 Å². The average molecular weight is 265 g/mol. The first kappa shape index (κ1) is 16.0. The molecule has 1 aromatic rings. The van der Waals surface area contributed by atoms with Gasteiger partial charge in [-0.25, -0.2) is 0 Å². The fourth-order valence-corrected chi connectivity index (χ4v) is 1.60. The minimum Gasteiger partial charge on any atom is -0.491 e. The molecule has 0 aliphatic carbocycles. The van der Waals surface area contributed by atoms with E-state index in [0.29, 0.717) is 25.0 Å². The molecular formula is C16H27NO2. The lowest BCUT2D eigenvalue weighted by Gasteiger charge is -2.18. The largest absolute Gasteiger partial charge is 0.491 e. The lowest BCUT2D eigenvalue weighted by molar-refractivity contribution is 0.105. The Labute approximate surface area is 117 Å². The van der Waals surface area contributed by atoms with Crippen LogP contribution >= 0.6 is 0 Å². The predicted octanol–water partition coefficient (Wildman–Crippen LogP) is 2.62. The van der Waals surface area contributed by atoms with Crippen LogP contribution in [-0.2, 0) is 0 Å². The molecule has 3 nitrogen and oxygen atoms in total. The highest BCUT2D eigenvalue weighted by Crippen LogP contribution is 2.11. The van der Waals surface area contributed by atoms with Gasteiger partial charge in [-0.2, -0.15) is 0 Å². The molecule has 0 heterocycles. The number of rotatable bonds is 8. The second-order valence-electron chi connectivity index (χ2n) is 5.66. The maximum Gasteiger partial charge on any atom is 0.119 e. The normalized spacial score (nSPS) is 14.4. The summed E-state index contributed by atoms with van der Waals surface area (Å²) >= 11 is 0. The van der Waals surface area contributed by atoms with E-state index >= 15 is 0 Å². The van der Waals surface area contributed by atoms with E-state index in [1.165, 1.54) is 5.56 Å². The Morgan fingerprint density at radius 3 is 2.32 bits per heavy atom. The van der Waals surface area contributed by atoms with Crippen LogP contribution in [0.4, 0.5) is 0 Å². The summed E-state index contributed by atoms with van der Waals surface area (Å²) in [5.74, 6) is 2.08. The van der Waals surface area contributed by atoms with Gasteiger partial charge in [-0.15, -0.1) is 0 Å². The van der Waals surface area contributed by atoms with Crippen molar-refractivity contribution in [3.8, 4) is 5.75 Å². The van der Waals surface area contributed by atoms with Crippen LogP contribution in [0.25, 0.3) is 0 Å². The van der Waals surface area contributed by atoms with E-state index in [1.54, 1.807) is 0 Å². The van der Waals surface area contributed by atoms with Crippen molar-refractivity contribution in [1.82, 2.24) is 5.32 Å². The molecule has 0 saturated carbocycles. The second kappa shape index (κ2) is 8.18. The first-order valence-electron chi connectivity index (χ1n) is 7.07. The Hall–Kier alpha value is -1.06. The number of nitrogens with one attached hydrogen (secondary N) is 1. The molecule has 2 unspecified atom stereocenters. The second-order valence-corrected chi connectivity index (χ2v) is 5.66. The molecule has 0 aliphatic heterocycles. The van der Waals surface area contributed by atoms with Crippen LogP contribution in [0.5, 0.6) is 5.75 Å². The smallest absolute Gasteiger partial charge is 0.119 e. The van der Waals surface area contributed by atoms with Crippen molar-refractivity contribution in [3.05, 3.63) is 29.8 Å². The zero-order valence-electron chi connectivity index (χ0n) is 12.5. The summed E-state index contributed by atoms with van der Waals surface area (Å²) in [5, 5.41) is 13.1. The third kappa shape index (κ3) is 6.60. The lowest BCUT2D eigenvalue weighted by atomic mass is 9.98. The molecule has 0 saturated heterocycles. The number of benzene rings is 1. The van der Waals surface area contributed by atoms with E-state index in [4.69, 9.17) is 4.74 Å². The van der Waals surface area contributed by atoms with Gasteiger partial charge in [-0.3, -0.25) is 0 Å². The van der Waals surface area contributed by atoms with E-state index in [0.717, 1.165) is 12.3 Å². The highest BCUT2D eigenvalue weighted by atomic mass is 16.5. The molecule has 0 aliphatic rings. The number of hydrogen-bond acceptors (Lipinski definition) is 3. The third-order valence-corrected chi connectivity index (χ3v) is 3.45. The summed E-state index contributed by atoms with van der Waals surface area (Å²) < 4.78 is 5.54. The summed E-state index contributed by atoms with van der Waals surface area (Å²) in [4.78, 5) is 0. The minimum atomic E-state index is -0.472. The lowest BCUT2D eigenvalue weighted by Crippen LogP contribution is -2.34. The Morgan fingerprint density at radius 2 is 1.74 bits per heavy atom. The SMILES string of the molecule is Cc1ccc(OCC(O)CNCC(C)C(C)C)cc1. The first-order valence-corrected chi connectivity index (χ1v) is 7.07. The van der Waals surface area contributed by atoms with Gasteiger partial charge < -0.3 is 15.2 Å². The summed E-state index contributed by atoms with van der Waals surface area (Å²) in [6, 6.07) is 7.86. The molecule has 0 fully saturated rings. The van der Waals surface area contributed by atoms with Crippen LogP contribution in [0.3, 0.4) is 0 Å². The van der Waals surface area contributed by atoms with Crippen molar-refractivity contribution in [1.29, 1.82) is 0 Å².